The molecule has 1 atom stereocenters. The van der Waals surface area contributed by atoms with Gasteiger partial charge in [-0.1, -0.05) is 47.4 Å². The fraction of sp³-hybridized carbons (Fsp3) is 0.462. The van der Waals surface area contributed by atoms with E-state index in [-0.39, 0.29) is 22.5 Å². The number of carbonyl (C=O) groups excluding carboxylic acids is 1. The SMILES string of the molecule is CC(C)C(CCBr)NC(=O)c1cccc(Cl)c1F. The van der Waals surface area contributed by atoms with E-state index >= 15 is 0 Å². The van der Waals surface area contributed by atoms with E-state index in [1.165, 1.54) is 12.1 Å². The molecule has 1 aromatic carbocycles. The van der Waals surface area contributed by atoms with Crippen LogP contribution in [0.5, 0.6) is 0 Å². The minimum absolute atomic E-state index is 0.00950. The Hall–Kier alpha value is -0.610. The maximum Gasteiger partial charge on any atom is 0.254 e. The van der Waals surface area contributed by atoms with Crippen LogP contribution >= 0.6 is 27.5 Å². The number of carbonyl (C=O) groups is 1. The summed E-state index contributed by atoms with van der Waals surface area (Å²) < 4.78 is 13.7. The zero-order valence-electron chi connectivity index (χ0n) is 10.3. The first kappa shape index (κ1) is 15.4. The Kier molecular flexibility index (Phi) is 6.09. The van der Waals surface area contributed by atoms with Crippen molar-refractivity contribution in [2.45, 2.75) is 26.3 Å². The summed E-state index contributed by atoms with van der Waals surface area (Å²) in [7, 11) is 0. The van der Waals surface area contributed by atoms with Crippen molar-refractivity contribution in [2.75, 3.05) is 5.33 Å². The van der Waals surface area contributed by atoms with Gasteiger partial charge in [0.2, 0.25) is 0 Å². The number of nitrogens with one attached hydrogen (secondary N) is 1. The van der Waals surface area contributed by atoms with Crippen LogP contribution in [0.2, 0.25) is 5.02 Å². The van der Waals surface area contributed by atoms with Crippen LogP contribution in [0.1, 0.15) is 30.6 Å². The van der Waals surface area contributed by atoms with Crippen LogP contribution in [-0.2, 0) is 0 Å². The van der Waals surface area contributed by atoms with Crippen molar-refractivity contribution in [3.8, 4) is 0 Å². The molecule has 0 radical (unpaired) electrons. The summed E-state index contributed by atoms with van der Waals surface area (Å²) >= 11 is 9.00. The van der Waals surface area contributed by atoms with Crippen molar-refractivity contribution in [2.24, 2.45) is 5.92 Å². The number of halogens is 3. The molecule has 0 heterocycles. The van der Waals surface area contributed by atoms with Crippen LogP contribution in [0.15, 0.2) is 18.2 Å². The van der Waals surface area contributed by atoms with Crippen molar-refractivity contribution < 1.29 is 9.18 Å². The van der Waals surface area contributed by atoms with E-state index in [1.807, 2.05) is 13.8 Å². The molecule has 18 heavy (non-hydrogen) atoms. The lowest BCUT2D eigenvalue weighted by molar-refractivity contribution is 0.0921. The van der Waals surface area contributed by atoms with Crippen LogP contribution in [-0.4, -0.2) is 17.3 Å². The van der Waals surface area contributed by atoms with Crippen LogP contribution in [0, 0.1) is 11.7 Å². The number of alkyl halides is 1. The Morgan fingerprint density at radius 3 is 2.72 bits per heavy atom. The van der Waals surface area contributed by atoms with E-state index in [1.54, 1.807) is 6.07 Å². The molecule has 0 aliphatic heterocycles. The lowest BCUT2D eigenvalue weighted by Gasteiger charge is -2.21. The summed E-state index contributed by atoms with van der Waals surface area (Å²) in [4.78, 5) is 12.0. The molecular formula is C13H16BrClFNO. The summed E-state index contributed by atoms with van der Waals surface area (Å²) in [6.07, 6.45) is 0.797. The maximum atomic E-state index is 13.7. The number of hydrogen-bond acceptors (Lipinski definition) is 1. The molecule has 0 saturated carbocycles. The Labute approximate surface area is 120 Å². The van der Waals surface area contributed by atoms with Gasteiger partial charge in [0, 0.05) is 11.4 Å². The molecule has 100 valence electrons. The normalized spacial score (nSPS) is 12.6. The highest BCUT2D eigenvalue weighted by Crippen LogP contribution is 2.18. The van der Waals surface area contributed by atoms with E-state index in [2.05, 4.69) is 21.2 Å². The monoisotopic (exact) mass is 335 g/mol. The van der Waals surface area contributed by atoms with Gasteiger partial charge in [0.15, 0.2) is 5.82 Å². The highest BCUT2D eigenvalue weighted by atomic mass is 79.9. The second kappa shape index (κ2) is 7.10. The number of benzene rings is 1. The van der Waals surface area contributed by atoms with Gasteiger partial charge in [-0.2, -0.15) is 0 Å². The summed E-state index contributed by atoms with van der Waals surface area (Å²) in [5.41, 5.74) is -0.0114. The molecule has 5 heteroatoms. The Morgan fingerprint density at radius 2 is 2.17 bits per heavy atom. The van der Waals surface area contributed by atoms with Crippen LogP contribution in [0.3, 0.4) is 0 Å². The molecule has 0 bridgehead atoms. The standard InChI is InChI=1S/C13H16BrClFNO/c1-8(2)11(6-7-14)17-13(18)9-4-3-5-10(15)12(9)16/h3-5,8,11H,6-7H2,1-2H3,(H,17,18). The average Bonchev–Trinajstić information content (AvgIpc) is 2.31. The molecule has 1 aromatic rings. The lowest BCUT2D eigenvalue weighted by Crippen LogP contribution is -2.39. The van der Waals surface area contributed by atoms with Gasteiger partial charge < -0.3 is 5.32 Å². The minimum Gasteiger partial charge on any atom is -0.349 e. The molecule has 0 fully saturated rings. The van der Waals surface area contributed by atoms with E-state index in [4.69, 9.17) is 11.6 Å². The van der Waals surface area contributed by atoms with Gasteiger partial charge in [-0.05, 0) is 24.5 Å². The molecule has 0 spiro atoms. The van der Waals surface area contributed by atoms with Gasteiger partial charge in [-0.25, -0.2) is 4.39 Å². The molecule has 0 aromatic heterocycles. The Morgan fingerprint density at radius 1 is 1.50 bits per heavy atom. The summed E-state index contributed by atoms with van der Waals surface area (Å²) in [6.45, 7) is 4.03. The molecule has 1 rings (SSSR count). The molecule has 2 nitrogen and oxygen atoms in total. The minimum atomic E-state index is -0.669. The molecule has 1 unspecified atom stereocenters. The first-order valence-electron chi connectivity index (χ1n) is 5.78. The third-order valence-electron chi connectivity index (χ3n) is 2.74. The van der Waals surface area contributed by atoms with Crippen molar-refractivity contribution in [3.05, 3.63) is 34.6 Å². The van der Waals surface area contributed by atoms with Gasteiger partial charge in [-0.15, -0.1) is 0 Å². The first-order valence-corrected chi connectivity index (χ1v) is 7.28. The summed E-state index contributed by atoms with van der Waals surface area (Å²) in [5.74, 6) is -0.804. The smallest absolute Gasteiger partial charge is 0.254 e. The van der Waals surface area contributed by atoms with Crippen molar-refractivity contribution in [1.82, 2.24) is 5.32 Å². The van der Waals surface area contributed by atoms with Gasteiger partial charge in [0.1, 0.15) is 0 Å². The largest absolute Gasteiger partial charge is 0.349 e. The summed E-state index contributed by atoms with van der Waals surface area (Å²) in [5, 5.41) is 3.58. The molecule has 0 aliphatic rings. The third-order valence-corrected chi connectivity index (χ3v) is 3.49. The van der Waals surface area contributed by atoms with Gasteiger partial charge in [0.05, 0.1) is 10.6 Å². The van der Waals surface area contributed by atoms with Crippen molar-refractivity contribution in [3.63, 3.8) is 0 Å². The van der Waals surface area contributed by atoms with Crippen LogP contribution < -0.4 is 5.32 Å². The quantitative estimate of drug-likeness (QED) is 0.809. The molecular weight excluding hydrogens is 321 g/mol. The fourth-order valence-electron chi connectivity index (χ4n) is 1.62. The van der Waals surface area contributed by atoms with E-state index in [0.29, 0.717) is 0 Å². The maximum absolute atomic E-state index is 13.7. The highest BCUT2D eigenvalue weighted by molar-refractivity contribution is 9.09. The third kappa shape index (κ3) is 3.95. The van der Waals surface area contributed by atoms with Crippen LogP contribution in [0.25, 0.3) is 0 Å². The molecule has 0 saturated heterocycles. The predicted molar refractivity (Wildman–Crippen MR) is 75.9 cm³/mol. The zero-order chi connectivity index (χ0) is 13.7. The van der Waals surface area contributed by atoms with Crippen LogP contribution in [0.4, 0.5) is 4.39 Å². The van der Waals surface area contributed by atoms with Gasteiger partial charge in [-0.3, -0.25) is 4.79 Å². The zero-order valence-corrected chi connectivity index (χ0v) is 12.7. The van der Waals surface area contributed by atoms with Gasteiger partial charge in [0.25, 0.3) is 5.91 Å². The second-order valence-corrected chi connectivity index (χ2v) is 5.60. The lowest BCUT2D eigenvalue weighted by atomic mass is 10.0. The topological polar surface area (TPSA) is 29.1 Å². The highest BCUT2D eigenvalue weighted by Gasteiger charge is 2.19. The number of rotatable bonds is 5. The van der Waals surface area contributed by atoms with Crippen molar-refractivity contribution >= 4 is 33.4 Å². The summed E-state index contributed by atoms with van der Waals surface area (Å²) in [6, 6.07) is 4.43. The van der Waals surface area contributed by atoms with E-state index in [0.717, 1.165) is 11.8 Å². The Balaban J connectivity index is 2.84. The van der Waals surface area contributed by atoms with E-state index < -0.39 is 11.7 Å². The van der Waals surface area contributed by atoms with Gasteiger partial charge >= 0.3 is 0 Å². The molecule has 1 N–H and O–H groups in total. The predicted octanol–water partition coefficient (Wildman–Crippen LogP) is 4.02. The van der Waals surface area contributed by atoms with Crippen molar-refractivity contribution in [1.29, 1.82) is 0 Å². The Bertz CT molecular complexity index is 425. The number of hydrogen-bond donors (Lipinski definition) is 1. The fourth-order valence-corrected chi connectivity index (χ4v) is 2.28. The average molecular weight is 337 g/mol. The first-order chi connectivity index (χ1) is 8.47. The molecule has 1 amide bonds. The molecule has 0 aliphatic carbocycles. The second-order valence-electron chi connectivity index (χ2n) is 4.40. The van der Waals surface area contributed by atoms with E-state index in [9.17, 15) is 9.18 Å². The number of amides is 1.